The Balaban J connectivity index is 1.86. The molecule has 3 aromatic carbocycles. The third-order valence-electron chi connectivity index (χ3n) is 4.15. The first kappa shape index (κ1) is 15.0. The SMILES string of the molecule is O=Cc1ccc(C#Cc2c(-c3ccccc3)[nH]c3ccccc23)cc1. The van der Waals surface area contributed by atoms with Gasteiger partial charge in [-0.05, 0) is 23.8 Å². The molecule has 0 radical (unpaired) electrons. The van der Waals surface area contributed by atoms with Gasteiger partial charge in [-0.2, -0.15) is 0 Å². The largest absolute Gasteiger partial charge is 0.353 e. The van der Waals surface area contributed by atoms with Gasteiger partial charge in [0.1, 0.15) is 6.29 Å². The Morgan fingerprint density at radius 3 is 2.24 bits per heavy atom. The van der Waals surface area contributed by atoms with Gasteiger partial charge in [0, 0.05) is 22.0 Å². The number of para-hydroxylation sites is 1. The van der Waals surface area contributed by atoms with E-state index >= 15 is 0 Å². The lowest BCUT2D eigenvalue weighted by Gasteiger charge is -1.99. The molecular weight excluding hydrogens is 306 g/mol. The van der Waals surface area contributed by atoms with Crippen molar-refractivity contribution in [1.29, 1.82) is 0 Å². The van der Waals surface area contributed by atoms with Crippen molar-refractivity contribution in [2.75, 3.05) is 0 Å². The van der Waals surface area contributed by atoms with Crippen LogP contribution >= 0.6 is 0 Å². The molecule has 0 atom stereocenters. The molecule has 0 aliphatic rings. The number of benzene rings is 3. The number of carbonyl (C=O) groups is 1. The number of nitrogens with one attached hydrogen (secondary N) is 1. The first-order valence-electron chi connectivity index (χ1n) is 8.08. The minimum atomic E-state index is 0.655. The first-order chi connectivity index (χ1) is 12.3. The molecule has 25 heavy (non-hydrogen) atoms. The minimum absolute atomic E-state index is 0.655. The number of fused-ring (bicyclic) bond motifs is 1. The predicted octanol–water partition coefficient (Wildman–Crippen LogP) is 5.05. The van der Waals surface area contributed by atoms with Crippen LogP contribution in [-0.2, 0) is 0 Å². The van der Waals surface area contributed by atoms with Crippen molar-refractivity contribution in [2.24, 2.45) is 0 Å². The molecule has 118 valence electrons. The van der Waals surface area contributed by atoms with Crippen LogP contribution in [0.15, 0.2) is 78.9 Å². The van der Waals surface area contributed by atoms with E-state index < -0.39 is 0 Å². The molecule has 1 N–H and O–H groups in total. The van der Waals surface area contributed by atoms with E-state index in [4.69, 9.17) is 0 Å². The van der Waals surface area contributed by atoms with E-state index in [-0.39, 0.29) is 0 Å². The highest BCUT2D eigenvalue weighted by Gasteiger charge is 2.10. The summed E-state index contributed by atoms with van der Waals surface area (Å²) in [7, 11) is 0. The Labute approximate surface area is 146 Å². The Morgan fingerprint density at radius 1 is 0.760 bits per heavy atom. The number of aromatic nitrogens is 1. The maximum absolute atomic E-state index is 10.8. The number of aldehydes is 1. The van der Waals surface area contributed by atoms with Crippen molar-refractivity contribution in [3.63, 3.8) is 0 Å². The molecule has 0 aliphatic heterocycles. The lowest BCUT2D eigenvalue weighted by Crippen LogP contribution is -1.83. The fourth-order valence-corrected chi connectivity index (χ4v) is 2.87. The summed E-state index contributed by atoms with van der Waals surface area (Å²) in [6.45, 7) is 0. The molecule has 0 saturated carbocycles. The van der Waals surface area contributed by atoms with Crippen LogP contribution in [0.5, 0.6) is 0 Å². The molecule has 1 aromatic heterocycles. The summed E-state index contributed by atoms with van der Waals surface area (Å²) >= 11 is 0. The highest BCUT2D eigenvalue weighted by molar-refractivity contribution is 5.94. The van der Waals surface area contributed by atoms with Gasteiger partial charge in [-0.15, -0.1) is 0 Å². The molecule has 0 fully saturated rings. The second-order valence-corrected chi connectivity index (χ2v) is 5.78. The van der Waals surface area contributed by atoms with Gasteiger partial charge in [0.25, 0.3) is 0 Å². The summed E-state index contributed by atoms with van der Waals surface area (Å²) in [5.74, 6) is 6.53. The summed E-state index contributed by atoms with van der Waals surface area (Å²) in [5, 5.41) is 1.11. The van der Waals surface area contributed by atoms with Crippen molar-refractivity contribution in [2.45, 2.75) is 0 Å². The number of hydrogen-bond acceptors (Lipinski definition) is 1. The number of hydrogen-bond donors (Lipinski definition) is 1. The molecule has 0 saturated heterocycles. The molecule has 2 heteroatoms. The summed E-state index contributed by atoms with van der Waals surface area (Å²) in [6.07, 6.45) is 0.838. The van der Waals surface area contributed by atoms with Crippen LogP contribution in [0.3, 0.4) is 0 Å². The predicted molar refractivity (Wildman–Crippen MR) is 102 cm³/mol. The fourth-order valence-electron chi connectivity index (χ4n) is 2.87. The van der Waals surface area contributed by atoms with Crippen LogP contribution in [0, 0.1) is 11.8 Å². The highest BCUT2D eigenvalue weighted by Crippen LogP contribution is 2.29. The van der Waals surface area contributed by atoms with Gasteiger partial charge in [0.15, 0.2) is 0 Å². The molecule has 0 spiro atoms. The zero-order valence-corrected chi connectivity index (χ0v) is 13.5. The molecule has 4 rings (SSSR count). The lowest BCUT2D eigenvalue weighted by atomic mass is 10.0. The van der Waals surface area contributed by atoms with Gasteiger partial charge in [0.2, 0.25) is 0 Å². The van der Waals surface area contributed by atoms with Gasteiger partial charge in [-0.25, -0.2) is 0 Å². The van der Waals surface area contributed by atoms with Crippen LogP contribution < -0.4 is 0 Å². The Morgan fingerprint density at radius 2 is 1.48 bits per heavy atom. The van der Waals surface area contributed by atoms with E-state index in [1.807, 2.05) is 42.5 Å². The highest BCUT2D eigenvalue weighted by atomic mass is 16.1. The monoisotopic (exact) mass is 321 g/mol. The van der Waals surface area contributed by atoms with Gasteiger partial charge in [-0.1, -0.05) is 72.5 Å². The molecule has 0 unspecified atom stereocenters. The van der Waals surface area contributed by atoms with Crippen LogP contribution in [-0.4, -0.2) is 11.3 Å². The zero-order valence-electron chi connectivity index (χ0n) is 13.5. The average molecular weight is 321 g/mol. The summed E-state index contributed by atoms with van der Waals surface area (Å²) in [6, 6.07) is 25.7. The maximum atomic E-state index is 10.8. The van der Waals surface area contributed by atoms with Crippen LogP contribution in [0.25, 0.3) is 22.2 Å². The summed E-state index contributed by atoms with van der Waals surface area (Å²) in [4.78, 5) is 14.3. The second kappa shape index (κ2) is 6.51. The maximum Gasteiger partial charge on any atom is 0.150 e. The third-order valence-corrected chi connectivity index (χ3v) is 4.15. The standard InChI is InChI=1S/C23H15NO/c25-16-18-12-10-17(11-13-18)14-15-21-20-8-4-5-9-22(20)24-23(21)19-6-2-1-3-7-19/h1-13,16,24H. The Hall–Kier alpha value is -3.57. The van der Waals surface area contributed by atoms with Crippen molar-refractivity contribution in [3.05, 3.63) is 95.6 Å². The van der Waals surface area contributed by atoms with Crippen LogP contribution in [0.1, 0.15) is 21.5 Å². The number of H-pyrrole nitrogens is 1. The molecular formula is C23H15NO. The number of aromatic amines is 1. The number of rotatable bonds is 2. The summed E-state index contributed by atoms with van der Waals surface area (Å²) < 4.78 is 0. The topological polar surface area (TPSA) is 32.9 Å². The van der Waals surface area contributed by atoms with E-state index in [0.717, 1.165) is 39.6 Å². The summed E-state index contributed by atoms with van der Waals surface area (Å²) in [5.41, 5.74) is 5.74. The average Bonchev–Trinajstić information content (AvgIpc) is 3.06. The second-order valence-electron chi connectivity index (χ2n) is 5.78. The van der Waals surface area contributed by atoms with Crippen molar-refractivity contribution < 1.29 is 4.79 Å². The normalized spacial score (nSPS) is 10.2. The third kappa shape index (κ3) is 2.96. The van der Waals surface area contributed by atoms with Gasteiger partial charge in [0.05, 0.1) is 11.3 Å². The molecule has 0 bridgehead atoms. The molecule has 0 amide bonds. The Kier molecular flexibility index (Phi) is 3.90. The van der Waals surface area contributed by atoms with Crippen molar-refractivity contribution in [1.82, 2.24) is 4.98 Å². The smallest absolute Gasteiger partial charge is 0.150 e. The molecule has 4 aromatic rings. The quantitative estimate of drug-likeness (QED) is 0.407. The van der Waals surface area contributed by atoms with E-state index in [9.17, 15) is 4.79 Å². The van der Waals surface area contributed by atoms with Gasteiger partial charge < -0.3 is 4.98 Å². The first-order valence-corrected chi connectivity index (χ1v) is 8.08. The van der Waals surface area contributed by atoms with E-state index in [2.05, 4.69) is 41.1 Å². The fraction of sp³-hybridized carbons (Fsp3) is 0. The van der Waals surface area contributed by atoms with E-state index in [0.29, 0.717) is 5.56 Å². The Bertz CT molecular complexity index is 1090. The van der Waals surface area contributed by atoms with Crippen LogP contribution in [0.2, 0.25) is 0 Å². The number of carbonyl (C=O) groups excluding carboxylic acids is 1. The minimum Gasteiger partial charge on any atom is -0.353 e. The molecule has 0 aliphatic carbocycles. The van der Waals surface area contributed by atoms with Gasteiger partial charge >= 0.3 is 0 Å². The van der Waals surface area contributed by atoms with Crippen molar-refractivity contribution in [3.8, 4) is 23.1 Å². The van der Waals surface area contributed by atoms with Crippen molar-refractivity contribution >= 4 is 17.2 Å². The molecule has 2 nitrogen and oxygen atoms in total. The van der Waals surface area contributed by atoms with Gasteiger partial charge in [-0.3, -0.25) is 4.79 Å². The van der Waals surface area contributed by atoms with E-state index in [1.54, 1.807) is 12.1 Å². The lowest BCUT2D eigenvalue weighted by molar-refractivity contribution is 0.112. The zero-order chi connectivity index (χ0) is 17.1. The molecule has 1 heterocycles. The van der Waals surface area contributed by atoms with Crippen LogP contribution in [0.4, 0.5) is 0 Å². The van der Waals surface area contributed by atoms with E-state index in [1.165, 1.54) is 0 Å².